The Balaban J connectivity index is 1.08. The highest BCUT2D eigenvalue weighted by Gasteiger charge is 2.30. The quantitative estimate of drug-likeness (QED) is 0.168. The number of hydrogen-bond donors (Lipinski definition) is 0. The van der Waals surface area contributed by atoms with E-state index in [0.717, 1.165) is 5.69 Å². The van der Waals surface area contributed by atoms with Gasteiger partial charge in [-0.3, -0.25) is 0 Å². The summed E-state index contributed by atoms with van der Waals surface area (Å²) in [5.74, 6) is 0. The topological polar surface area (TPSA) is 13.8 Å². The molecule has 0 atom stereocenters. The fraction of sp³-hybridized carbons (Fsp3) is 0.176. The molecule has 6 heterocycles. The maximum absolute atomic E-state index is 2.67. The first-order valence-electron chi connectivity index (χ1n) is 25.7. The first-order chi connectivity index (χ1) is 34.6. The van der Waals surface area contributed by atoms with Crippen LogP contribution in [-0.4, -0.2) is 13.4 Å². The highest BCUT2D eigenvalue weighted by atomic mass is 32.1. The van der Waals surface area contributed by atoms with Gasteiger partial charge in [0.15, 0.2) is 0 Å². The zero-order valence-electron chi connectivity index (χ0n) is 42.4. The van der Waals surface area contributed by atoms with E-state index < -0.39 is 0 Å². The molecule has 15 aromatic rings. The molecule has 9 aromatic carbocycles. The first kappa shape index (κ1) is 42.1. The van der Waals surface area contributed by atoms with Crippen molar-refractivity contribution >= 4 is 119 Å². The number of para-hydroxylation sites is 1. The number of benzene rings is 9. The van der Waals surface area contributed by atoms with Crippen molar-refractivity contribution in [3.8, 4) is 27.9 Å². The molecule has 4 heteroatoms. The molecule has 0 saturated heterocycles. The average Bonchev–Trinajstić information content (AvgIpc) is 4.20. The molecule has 3 nitrogen and oxygen atoms in total. The van der Waals surface area contributed by atoms with Crippen LogP contribution in [0.25, 0.3) is 135 Å². The zero-order chi connectivity index (χ0) is 48.9. The van der Waals surface area contributed by atoms with E-state index in [1.165, 1.54) is 146 Å². The van der Waals surface area contributed by atoms with Gasteiger partial charge in [-0.05, 0) is 135 Å². The molecule has 0 saturated carbocycles. The van der Waals surface area contributed by atoms with Gasteiger partial charge >= 0.3 is 0 Å². The Morgan fingerprint density at radius 3 is 1.54 bits per heavy atom. The van der Waals surface area contributed by atoms with E-state index >= 15 is 0 Å². The van der Waals surface area contributed by atoms with Gasteiger partial charge in [0.1, 0.15) is 0 Å². The Morgan fingerprint density at radius 2 is 0.847 bits per heavy atom. The minimum absolute atomic E-state index is 0.00654. The highest BCUT2D eigenvalue weighted by molar-refractivity contribution is 7.26. The van der Waals surface area contributed by atoms with Crippen molar-refractivity contribution < 1.29 is 0 Å². The monoisotopic (exact) mass is 945 g/mol. The van der Waals surface area contributed by atoms with E-state index in [0.29, 0.717) is 0 Å². The Hall–Kier alpha value is -7.66. The van der Waals surface area contributed by atoms with Gasteiger partial charge in [0.25, 0.3) is 0 Å². The number of thiophene rings is 1. The number of aromatic nitrogens is 3. The zero-order valence-corrected chi connectivity index (χ0v) is 43.2. The lowest BCUT2D eigenvalue weighted by atomic mass is 9.83. The summed E-state index contributed by atoms with van der Waals surface area (Å²) in [7, 11) is 0. The van der Waals surface area contributed by atoms with Crippen LogP contribution in [0.15, 0.2) is 170 Å². The van der Waals surface area contributed by atoms with E-state index in [9.17, 15) is 0 Å². The van der Waals surface area contributed by atoms with Crippen molar-refractivity contribution in [3.05, 3.63) is 187 Å². The van der Waals surface area contributed by atoms with Gasteiger partial charge in [-0.25, -0.2) is 0 Å². The molecule has 348 valence electrons. The van der Waals surface area contributed by atoms with Gasteiger partial charge in [-0.1, -0.05) is 147 Å². The second-order valence-corrected chi connectivity index (χ2v) is 24.9. The predicted octanol–water partition coefficient (Wildman–Crippen LogP) is 19.5. The summed E-state index contributed by atoms with van der Waals surface area (Å²) in [5.41, 5.74) is 20.2. The van der Waals surface area contributed by atoms with Gasteiger partial charge in [-0.15, -0.1) is 11.3 Å². The van der Waals surface area contributed by atoms with Gasteiger partial charge in [0.05, 0.1) is 48.8 Å². The average molecular weight is 946 g/mol. The van der Waals surface area contributed by atoms with Crippen LogP contribution < -0.4 is 0 Å². The molecule has 0 radical (unpaired) electrons. The lowest BCUT2D eigenvalue weighted by Gasteiger charge is -2.22. The summed E-state index contributed by atoms with van der Waals surface area (Å²) in [6.07, 6.45) is 0. The highest BCUT2D eigenvalue weighted by Crippen LogP contribution is 2.51. The van der Waals surface area contributed by atoms with Crippen molar-refractivity contribution in [2.75, 3.05) is 0 Å². The van der Waals surface area contributed by atoms with Crippen LogP contribution in [-0.2, 0) is 16.2 Å². The molecule has 0 aliphatic heterocycles. The third-order valence-corrected chi connectivity index (χ3v) is 17.5. The summed E-state index contributed by atoms with van der Waals surface area (Å²) < 4.78 is 10.5. The molecule has 0 aliphatic carbocycles. The van der Waals surface area contributed by atoms with Crippen molar-refractivity contribution in [1.82, 2.24) is 13.4 Å². The van der Waals surface area contributed by atoms with E-state index in [-0.39, 0.29) is 16.2 Å². The van der Waals surface area contributed by atoms with E-state index in [2.05, 4.69) is 246 Å². The van der Waals surface area contributed by atoms with Gasteiger partial charge in [-0.2, -0.15) is 0 Å². The summed E-state index contributed by atoms with van der Waals surface area (Å²) in [4.78, 5) is 0. The Bertz CT molecular complexity index is 4780. The van der Waals surface area contributed by atoms with Crippen LogP contribution in [0.5, 0.6) is 0 Å². The van der Waals surface area contributed by atoms with Crippen molar-refractivity contribution in [2.24, 2.45) is 0 Å². The lowest BCUT2D eigenvalue weighted by Crippen LogP contribution is -2.11. The number of hydrogen-bond acceptors (Lipinski definition) is 1. The van der Waals surface area contributed by atoms with Crippen LogP contribution in [0.4, 0.5) is 0 Å². The molecule has 0 aliphatic rings. The second kappa shape index (κ2) is 14.1. The molecule has 0 spiro atoms. The third-order valence-electron chi connectivity index (χ3n) is 16.3. The molecule has 0 unspecified atom stereocenters. The Morgan fingerprint density at radius 1 is 0.319 bits per heavy atom. The Labute approximate surface area is 422 Å². The summed E-state index contributed by atoms with van der Waals surface area (Å²) in [5, 5.41) is 13.2. The number of fused-ring (bicyclic) bond motifs is 17. The maximum atomic E-state index is 2.67. The predicted molar refractivity (Wildman–Crippen MR) is 312 cm³/mol. The molecule has 72 heavy (non-hydrogen) atoms. The SMILES string of the molecule is CC(C)(C)c1cc(-c2ccc3c(c2)c2ccccc2n3-c2cccc(-c3ccccc3)c2)c2c(c1)c1cc(C(C)(C)C)cc3c4cc5c6cc(C(C)(C)C)cc7c8sc9ccccc9c8n(c5cc4n2c31)c67. The van der Waals surface area contributed by atoms with Gasteiger partial charge in [0.2, 0.25) is 0 Å². The van der Waals surface area contributed by atoms with Crippen molar-refractivity contribution in [2.45, 2.75) is 78.6 Å². The van der Waals surface area contributed by atoms with Crippen molar-refractivity contribution in [3.63, 3.8) is 0 Å². The fourth-order valence-corrected chi connectivity index (χ4v) is 13.7. The first-order valence-corrected chi connectivity index (χ1v) is 26.5. The van der Waals surface area contributed by atoms with Crippen molar-refractivity contribution in [1.29, 1.82) is 0 Å². The fourth-order valence-electron chi connectivity index (χ4n) is 12.5. The normalized spacial score (nSPS) is 13.3. The Kier molecular flexibility index (Phi) is 8.21. The van der Waals surface area contributed by atoms with Gasteiger partial charge in [0, 0.05) is 69.8 Å². The minimum Gasteiger partial charge on any atom is -0.309 e. The van der Waals surface area contributed by atoms with Gasteiger partial charge < -0.3 is 13.4 Å². The summed E-state index contributed by atoms with van der Waals surface area (Å²) >= 11 is 1.94. The molecular formula is C68H55N3S. The van der Waals surface area contributed by atoms with Crippen LogP contribution in [0.3, 0.4) is 0 Å². The van der Waals surface area contributed by atoms with E-state index in [1.54, 1.807) is 0 Å². The third kappa shape index (κ3) is 5.67. The minimum atomic E-state index is -0.0826. The molecule has 0 fully saturated rings. The van der Waals surface area contributed by atoms with E-state index in [1.807, 2.05) is 11.3 Å². The maximum Gasteiger partial charge on any atom is 0.0728 e. The molecule has 6 aromatic heterocycles. The van der Waals surface area contributed by atoms with Crippen LogP contribution >= 0.6 is 11.3 Å². The van der Waals surface area contributed by atoms with Crippen LogP contribution in [0.2, 0.25) is 0 Å². The molecule has 15 rings (SSSR count). The molecule has 0 amide bonds. The smallest absolute Gasteiger partial charge is 0.0728 e. The second-order valence-electron chi connectivity index (χ2n) is 23.8. The molecule has 0 N–H and O–H groups in total. The summed E-state index contributed by atoms with van der Waals surface area (Å²) in [6, 6.07) is 65.2. The van der Waals surface area contributed by atoms with E-state index in [4.69, 9.17) is 0 Å². The largest absolute Gasteiger partial charge is 0.309 e. The molecule has 0 bridgehead atoms. The lowest BCUT2D eigenvalue weighted by molar-refractivity contribution is 0.591. The summed E-state index contributed by atoms with van der Waals surface area (Å²) in [6.45, 7) is 21.3. The number of rotatable bonds is 3. The molecular weight excluding hydrogens is 891 g/mol. The van der Waals surface area contributed by atoms with Crippen LogP contribution in [0.1, 0.15) is 79.0 Å². The standard InChI is InChI=1S/C68H55N3S/c1-66(2,3)41-30-47(40-26-27-57-48(29-40)45-22-13-15-24-56(45)69(57)44-21-17-20-39(28-44)38-18-11-10-12-19-38)61-53(33-41)54-34-42(67(4,5)6)31-51-49-36-50-52-32-43(68(7,8)9)35-55-63(52)71(59(50)37-58(49)70(61)62(51)54)64-46-23-14-16-25-60(46)72-65(55)64/h10-37H,1-9H3. The number of nitrogens with zero attached hydrogens (tertiary/aromatic N) is 3. The van der Waals surface area contributed by atoms with Crippen LogP contribution in [0, 0.1) is 0 Å².